The van der Waals surface area contributed by atoms with Crippen molar-refractivity contribution in [3.63, 3.8) is 0 Å². The summed E-state index contributed by atoms with van der Waals surface area (Å²) in [7, 11) is 0. The Bertz CT molecular complexity index is 1170. The molecule has 4 aromatic carbocycles. The predicted octanol–water partition coefficient (Wildman–Crippen LogP) is 3.36. The monoisotopic (exact) mass is 596 g/mol. The molecule has 5 heteroatoms. The van der Waals surface area contributed by atoms with Crippen LogP contribution in [0.5, 0.6) is 0 Å². The molecule has 0 radical (unpaired) electrons. The fourth-order valence-corrected chi connectivity index (χ4v) is 7.10. The molecule has 0 aliphatic rings. The summed E-state index contributed by atoms with van der Waals surface area (Å²) < 4.78 is 2.69. The van der Waals surface area contributed by atoms with Crippen LogP contribution >= 0.6 is 0 Å². The van der Waals surface area contributed by atoms with Crippen LogP contribution in [0.1, 0.15) is 22.3 Å². The van der Waals surface area contributed by atoms with Crippen molar-refractivity contribution in [1.82, 2.24) is 0 Å². The summed E-state index contributed by atoms with van der Waals surface area (Å²) in [6, 6.07) is 39.3. The Balaban J connectivity index is 0.000000220. The molecular formula is C32H28O4Sn. The molecule has 0 spiro atoms. The van der Waals surface area contributed by atoms with Gasteiger partial charge in [0, 0.05) is 0 Å². The van der Waals surface area contributed by atoms with Gasteiger partial charge in [0.2, 0.25) is 0 Å². The van der Waals surface area contributed by atoms with Crippen molar-refractivity contribution < 1.29 is 19.8 Å². The van der Waals surface area contributed by atoms with Crippen molar-refractivity contribution in [2.24, 2.45) is 0 Å². The van der Waals surface area contributed by atoms with Gasteiger partial charge in [-0.2, -0.15) is 0 Å². The molecule has 0 heterocycles. The maximum atomic E-state index is 11.4. The zero-order valence-electron chi connectivity index (χ0n) is 20.5. The van der Waals surface area contributed by atoms with E-state index in [1.165, 1.54) is 20.0 Å². The van der Waals surface area contributed by atoms with Crippen LogP contribution in [0.2, 0.25) is 0 Å². The summed E-state index contributed by atoms with van der Waals surface area (Å²) in [6.45, 7) is 0. The minimum absolute atomic E-state index is 0.0146. The Labute approximate surface area is 228 Å². The fraction of sp³-hybridized carbons (Fsp3) is 0.125. The van der Waals surface area contributed by atoms with Gasteiger partial charge in [0.25, 0.3) is 0 Å². The molecule has 0 aliphatic heterocycles. The van der Waals surface area contributed by atoms with Gasteiger partial charge in [-0.3, -0.25) is 0 Å². The third-order valence-corrected chi connectivity index (χ3v) is 9.41. The van der Waals surface area contributed by atoms with Crippen LogP contribution < -0.4 is 10.2 Å². The van der Waals surface area contributed by atoms with Gasteiger partial charge in [0.1, 0.15) is 0 Å². The number of hydrogen-bond donors (Lipinski definition) is 0. The second kappa shape index (κ2) is 15.5. The molecule has 37 heavy (non-hydrogen) atoms. The van der Waals surface area contributed by atoms with Crippen molar-refractivity contribution in [3.8, 4) is 0 Å². The quantitative estimate of drug-likeness (QED) is 0.208. The van der Waals surface area contributed by atoms with E-state index in [1.54, 1.807) is 60.7 Å². The average Bonchev–Trinajstić information content (AvgIpc) is 2.93. The standard InChI is InChI=1S/C18H16O4.2C7H7.Sn/c19-17(20)15(11-13-7-3-1-4-8-13)16(18(21)22)12-14-9-5-2-6-10-14;2*1-7-5-3-2-4-6-7;/h1-10H,11-12H2,(H,19,20)(H,21,22);2*2-6H,1H2;/q;;;+2/p-2/b16-15-;;;. The fourth-order valence-electron chi connectivity index (χ4n) is 3.75. The Morgan fingerprint density at radius 3 is 1.00 bits per heavy atom. The topological polar surface area (TPSA) is 80.3 Å². The molecule has 0 amide bonds. The van der Waals surface area contributed by atoms with Gasteiger partial charge in [-0.15, -0.1) is 0 Å². The number of rotatable bonds is 10. The first-order valence-corrected chi connectivity index (χ1v) is 16.1. The van der Waals surface area contributed by atoms with Crippen molar-refractivity contribution in [2.75, 3.05) is 0 Å². The molecule has 0 aliphatic carbocycles. The van der Waals surface area contributed by atoms with E-state index in [0.29, 0.717) is 11.1 Å². The number of carbonyl (C=O) groups excluding carboxylic acids is 2. The van der Waals surface area contributed by atoms with Gasteiger partial charge in [-0.1, -0.05) is 60.7 Å². The second-order valence-electron chi connectivity index (χ2n) is 8.43. The first-order valence-electron chi connectivity index (χ1n) is 12.0. The van der Waals surface area contributed by atoms with Crippen LogP contribution in [-0.4, -0.2) is 33.1 Å². The molecule has 0 fully saturated rings. The summed E-state index contributed by atoms with van der Waals surface area (Å²) in [5.74, 6) is -2.97. The summed E-state index contributed by atoms with van der Waals surface area (Å²) in [5.41, 5.74) is 3.92. The molecule has 4 nitrogen and oxygen atoms in total. The molecule has 184 valence electrons. The van der Waals surface area contributed by atoms with Crippen LogP contribution in [0.4, 0.5) is 0 Å². The summed E-state index contributed by atoms with van der Waals surface area (Å²) in [5, 5.41) is 22.8. The summed E-state index contributed by atoms with van der Waals surface area (Å²) >= 11 is -0.258. The molecule has 0 aromatic heterocycles. The van der Waals surface area contributed by atoms with Crippen LogP contribution in [0.25, 0.3) is 0 Å². The van der Waals surface area contributed by atoms with Crippen LogP contribution in [-0.2, 0) is 31.3 Å². The van der Waals surface area contributed by atoms with Gasteiger partial charge in [0.05, 0.1) is 11.9 Å². The van der Waals surface area contributed by atoms with Gasteiger partial charge >= 0.3 is 102 Å². The Morgan fingerprint density at radius 1 is 0.459 bits per heavy atom. The molecular weight excluding hydrogens is 567 g/mol. The number of benzene rings is 4. The molecule has 0 saturated carbocycles. The van der Waals surface area contributed by atoms with E-state index >= 15 is 0 Å². The second-order valence-corrected chi connectivity index (χ2v) is 11.9. The zero-order valence-corrected chi connectivity index (χ0v) is 23.4. The van der Waals surface area contributed by atoms with E-state index in [2.05, 4.69) is 60.7 Å². The van der Waals surface area contributed by atoms with Gasteiger partial charge in [-0.25, -0.2) is 0 Å². The van der Waals surface area contributed by atoms with Crippen molar-refractivity contribution in [2.45, 2.75) is 21.7 Å². The van der Waals surface area contributed by atoms with E-state index in [4.69, 9.17) is 0 Å². The number of carbonyl (C=O) groups is 2. The first kappa shape index (κ1) is 27.9. The number of carboxylic acids is 2. The van der Waals surface area contributed by atoms with Gasteiger partial charge in [0.15, 0.2) is 0 Å². The third kappa shape index (κ3) is 10.1. The summed E-state index contributed by atoms with van der Waals surface area (Å²) in [4.78, 5) is 22.8. The SMILES string of the molecule is O=C([O-])/C(Cc1ccccc1)=C(/Cc1ccccc1)C(=O)[O-].c1ccc([CH2][Sn+2][CH2]c2ccccc2)cc1. The summed E-state index contributed by atoms with van der Waals surface area (Å²) in [6.07, 6.45) is -0.0291. The predicted molar refractivity (Wildman–Crippen MR) is 143 cm³/mol. The zero-order chi connectivity index (χ0) is 26.3. The van der Waals surface area contributed by atoms with Gasteiger partial charge in [-0.05, 0) is 35.1 Å². The normalized spacial score (nSPS) is 10.8. The minimum atomic E-state index is -1.49. The molecule has 4 rings (SSSR count). The van der Waals surface area contributed by atoms with Crippen molar-refractivity contribution in [3.05, 3.63) is 155 Å². The third-order valence-electron chi connectivity index (χ3n) is 5.65. The molecule has 4 aromatic rings. The van der Waals surface area contributed by atoms with E-state index in [0.717, 1.165) is 0 Å². The Hall–Kier alpha value is -3.64. The van der Waals surface area contributed by atoms with Gasteiger partial charge < -0.3 is 19.8 Å². The Kier molecular flexibility index (Phi) is 11.7. The van der Waals surface area contributed by atoms with E-state index in [1.807, 2.05) is 0 Å². The van der Waals surface area contributed by atoms with E-state index in [9.17, 15) is 19.8 Å². The van der Waals surface area contributed by atoms with Crippen LogP contribution in [0, 0.1) is 0 Å². The molecule has 0 bridgehead atoms. The number of carboxylic acid groups (broad SMARTS) is 2. The molecule has 0 N–H and O–H groups in total. The molecule has 0 unspecified atom stereocenters. The van der Waals surface area contributed by atoms with Crippen molar-refractivity contribution >= 4 is 33.1 Å². The number of hydrogen-bond acceptors (Lipinski definition) is 4. The molecule has 0 atom stereocenters. The maximum absolute atomic E-state index is 11.4. The first-order chi connectivity index (χ1) is 18.0. The van der Waals surface area contributed by atoms with E-state index < -0.39 is 11.9 Å². The number of aliphatic carboxylic acids is 2. The van der Waals surface area contributed by atoms with Crippen molar-refractivity contribution in [1.29, 1.82) is 0 Å². The molecule has 0 saturated heterocycles. The average molecular weight is 595 g/mol. The van der Waals surface area contributed by atoms with Crippen LogP contribution in [0.15, 0.2) is 132 Å². The van der Waals surface area contributed by atoms with E-state index in [-0.39, 0.29) is 45.1 Å². The van der Waals surface area contributed by atoms with Crippen LogP contribution in [0.3, 0.4) is 0 Å². The Morgan fingerprint density at radius 2 is 0.730 bits per heavy atom.